The molecule has 3 rings (SSSR count). The van der Waals surface area contributed by atoms with Gasteiger partial charge in [0.25, 0.3) is 0 Å². The summed E-state index contributed by atoms with van der Waals surface area (Å²) in [6, 6.07) is 7.59. The second-order valence-corrected chi connectivity index (χ2v) is 7.51. The summed E-state index contributed by atoms with van der Waals surface area (Å²) in [4.78, 5) is 33.0. The van der Waals surface area contributed by atoms with Crippen molar-refractivity contribution < 1.29 is 14.3 Å². The smallest absolute Gasteiger partial charge is 0.357 e. The molecule has 0 bridgehead atoms. The first-order valence-electron chi connectivity index (χ1n) is 7.53. The molecule has 1 N–H and O–H groups in total. The number of thiazole rings is 1. The predicted octanol–water partition coefficient (Wildman–Crippen LogP) is 3.94. The topological polar surface area (TPSA) is 72.0 Å². The first-order chi connectivity index (χ1) is 11.3. The van der Waals surface area contributed by atoms with Crippen LogP contribution in [0.15, 0.2) is 30.5 Å². The first-order valence-corrected chi connectivity index (χ1v) is 8.35. The summed E-state index contributed by atoms with van der Waals surface area (Å²) >= 11 is 1.25. The normalized spacial score (nSPS) is 11.7. The van der Waals surface area contributed by atoms with Gasteiger partial charge in [-0.3, -0.25) is 4.79 Å². The fraction of sp³-hybridized carbons (Fsp3) is 0.278. The molecule has 0 aliphatic heterocycles. The molecule has 0 fully saturated rings. The van der Waals surface area contributed by atoms with Crippen LogP contribution in [0.2, 0.25) is 0 Å². The lowest BCUT2D eigenvalue weighted by atomic mass is 9.93. The Morgan fingerprint density at radius 2 is 1.92 bits per heavy atom. The van der Waals surface area contributed by atoms with E-state index in [-0.39, 0.29) is 16.9 Å². The number of carbonyl (C=O) groups excluding carboxylic acids is 2. The van der Waals surface area contributed by atoms with Crippen LogP contribution in [0.3, 0.4) is 0 Å². The van der Waals surface area contributed by atoms with Gasteiger partial charge in [0.2, 0.25) is 5.78 Å². The molecular weight excluding hydrogens is 324 g/mol. The van der Waals surface area contributed by atoms with Crippen LogP contribution in [0.5, 0.6) is 0 Å². The van der Waals surface area contributed by atoms with Gasteiger partial charge < -0.3 is 9.72 Å². The van der Waals surface area contributed by atoms with E-state index < -0.39 is 5.97 Å². The van der Waals surface area contributed by atoms with Crippen LogP contribution >= 0.6 is 11.3 Å². The van der Waals surface area contributed by atoms with E-state index in [0.717, 1.165) is 15.8 Å². The zero-order valence-corrected chi connectivity index (χ0v) is 14.8. The molecule has 2 heterocycles. The number of aromatic amines is 1. The molecule has 0 saturated heterocycles. The van der Waals surface area contributed by atoms with Crippen molar-refractivity contribution in [3.63, 3.8) is 0 Å². The summed E-state index contributed by atoms with van der Waals surface area (Å²) in [7, 11) is 1.31. The van der Waals surface area contributed by atoms with Crippen LogP contribution < -0.4 is 0 Å². The monoisotopic (exact) mass is 342 g/mol. The number of para-hydroxylation sites is 1. The van der Waals surface area contributed by atoms with Crippen LogP contribution in [0.1, 0.15) is 51.5 Å². The minimum absolute atomic E-state index is 0.196. The highest BCUT2D eigenvalue weighted by Gasteiger charge is 2.30. The molecule has 0 amide bonds. The van der Waals surface area contributed by atoms with Gasteiger partial charge in [-0.25, -0.2) is 9.78 Å². The maximum Gasteiger partial charge on any atom is 0.357 e. The number of nitrogens with one attached hydrogen (secondary N) is 1. The second kappa shape index (κ2) is 5.87. The van der Waals surface area contributed by atoms with Crippen LogP contribution in [-0.4, -0.2) is 28.8 Å². The lowest BCUT2D eigenvalue weighted by Gasteiger charge is -2.16. The number of esters is 1. The molecule has 2 aromatic heterocycles. The number of nitrogens with zero attached hydrogens (tertiary/aromatic N) is 1. The minimum Gasteiger partial charge on any atom is -0.464 e. The van der Waals surface area contributed by atoms with E-state index in [4.69, 9.17) is 4.74 Å². The van der Waals surface area contributed by atoms with Gasteiger partial charge in [-0.2, -0.15) is 0 Å². The highest BCUT2D eigenvalue weighted by molar-refractivity contribution is 7.14. The Balaban J connectivity index is 2.11. The SMILES string of the molecule is COC(=O)c1nc(C(=O)c2c[nH]c3ccccc23)sc1C(C)(C)C. The zero-order chi connectivity index (χ0) is 17.5. The zero-order valence-electron chi connectivity index (χ0n) is 14.0. The van der Waals surface area contributed by atoms with Gasteiger partial charge in [-0.1, -0.05) is 39.0 Å². The number of H-pyrrole nitrogens is 1. The number of rotatable bonds is 3. The molecule has 3 aromatic rings. The Morgan fingerprint density at radius 3 is 2.58 bits per heavy atom. The van der Waals surface area contributed by atoms with Crippen molar-refractivity contribution in [2.24, 2.45) is 0 Å². The number of carbonyl (C=O) groups is 2. The standard InChI is InChI=1S/C18H18N2O3S/c1-18(2,3)15-13(17(22)23-4)20-16(24-15)14(21)11-9-19-12-8-6-5-7-10(11)12/h5-9,19H,1-4H3. The average Bonchev–Trinajstić information content (AvgIpc) is 3.17. The average molecular weight is 342 g/mol. The summed E-state index contributed by atoms with van der Waals surface area (Å²) < 4.78 is 4.81. The van der Waals surface area contributed by atoms with E-state index in [9.17, 15) is 9.59 Å². The Bertz CT molecular complexity index is 931. The molecule has 124 valence electrons. The fourth-order valence-electron chi connectivity index (χ4n) is 2.54. The van der Waals surface area contributed by atoms with E-state index in [1.807, 2.05) is 45.0 Å². The number of methoxy groups -OCH3 is 1. The Labute approximate surface area is 143 Å². The molecular formula is C18H18N2O3S. The molecule has 0 unspecified atom stereocenters. The molecule has 1 aromatic carbocycles. The lowest BCUT2D eigenvalue weighted by molar-refractivity contribution is 0.0592. The van der Waals surface area contributed by atoms with Crippen molar-refractivity contribution >= 4 is 34.0 Å². The van der Waals surface area contributed by atoms with Gasteiger partial charge in [0.15, 0.2) is 10.7 Å². The van der Waals surface area contributed by atoms with E-state index in [1.54, 1.807) is 6.20 Å². The van der Waals surface area contributed by atoms with Crippen molar-refractivity contribution in [2.75, 3.05) is 7.11 Å². The van der Waals surface area contributed by atoms with Crippen molar-refractivity contribution in [3.8, 4) is 0 Å². The van der Waals surface area contributed by atoms with Crippen LogP contribution in [0.4, 0.5) is 0 Å². The van der Waals surface area contributed by atoms with Crippen molar-refractivity contribution in [2.45, 2.75) is 26.2 Å². The summed E-state index contributed by atoms with van der Waals surface area (Å²) in [5.41, 5.74) is 1.36. The first kappa shape index (κ1) is 16.4. The maximum atomic E-state index is 12.9. The number of hydrogen-bond acceptors (Lipinski definition) is 5. The van der Waals surface area contributed by atoms with Gasteiger partial charge in [0.1, 0.15) is 0 Å². The largest absolute Gasteiger partial charge is 0.464 e. The summed E-state index contributed by atoms with van der Waals surface area (Å²) in [6.07, 6.45) is 1.68. The van der Waals surface area contributed by atoms with Gasteiger partial charge in [0.05, 0.1) is 12.7 Å². The van der Waals surface area contributed by atoms with Crippen LogP contribution in [0.25, 0.3) is 10.9 Å². The van der Waals surface area contributed by atoms with E-state index in [1.165, 1.54) is 18.4 Å². The second-order valence-electron chi connectivity index (χ2n) is 6.52. The Kier molecular flexibility index (Phi) is 4.01. The molecule has 0 atom stereocenters. The van der Waals surface area contributed by atoms with Crippen molar-refractivity contribution in [3.05, 3.63) is 51.6 Å². The molecule has 0 saturated carbocycles. The van der Waals surface area contributed by atoms with Gasteiger partial charge >= 0.3 is 5.97 Å². The fourth-order valence-corrected chi connectivity index (χ4v) is 3.60. The van der Waals surface area contributed by atoms with Gasteiger partial charge in [0, 0.05) is 22.0 Å². The molecule has 0 radical (unpaired) electrons. The molecule has 0 spiro atoms. The minimum atomic E-state index is -0.519. The number of hydrogen-bond donors (Lipinski definition) is 1. The molecule has 24 heavy (non-hydrogen) atoms. The maximum absolute atomic E-state index is 12.9. The Morgan fingerprint density at radius 1 is 1.21 bits per heavy atom. The third-order valence-electron chi connectivity index (χ3n) is 3.72. The van der Waals surface area contributed by atoms with Crippen LogP contribution in [-0.2, 0) is 10.2 Å². The van der Waals surface area contributed by atoms with E-state index in [2.05, 4.69) is 9.97 Å². The number of ketones is 1. The summed E-state index contributed by atoms with van der Waals surface area (Å²) in [5, 5.41) is 1.14. The number of aromatic nitrogens is 2. The molecule has 0 aliphatic carbocycles. The highest BCUT2D eigenvalue weighted by Crippen LogP contribution is 2.33. The van der Waals surface area contributed by atoms with E-state index >= 15 is 0 Å². The lowest BCUT2D eigenvalue weighted by Crippen LogP contribution is -2.15. The summed E-state index contributed by atoms with van der Waals surface area (Å²) in [5.74, 6) is -0.716. The highest BCUT2D eigenvalue weighted by atomic mass is 32.1. The molecule has 0 aliphatic rings. The van der Waals surface area contributed by atoms with Gasteiger partial charge in [-0.15, -0.1) is 11.3 Å². The molecule has 6 heteroatoms. The predicted molar refractivity (Wildman–Crippen MR) is 93.9 cm³/mol. The summed E-state index contributed by atoms with van der Waals surface area (Å²) in [6.45, 7) is 5.94. The third kappa shape index (κ3) is 2.73. The van der Waals surface area contributed by atoms with E-state index in [0.29, 0.717) is 10.6 Å². The van der Waals surface area contributed by atoms with Crippen molar-refractivity contribution in [1.82, 2.24) is 9.97 Å². The number of benzene rings is 1. The third-order valence-corrected chi connectivity index (χ3v) is 5.20. The Hall–Kier alpha value is -2.47. The quantitative estimate of drug-likeness (QED) is 0.578. The number of ether oxygens (including phenoxy) is 1. The number of fused-ring (bicyclic) bond motifs is 1. The van der Waals surface area contributed by atoms with Gasteiger partial charge in [-0.05, 0) is 11.5 Å². The van der Waals surface area contributed by atoms with Crippen molar-refractivity contribution in [1.29, 1.82) is 0 Å². The molecule has 5 nitrogen and oxygen atoms in total. The van der Waals surface area contributed by atoms with Crippen LogP contribution in [0, 0.1) is 0 Å².